The maximum absolute atomic E-state index is 11.7. The number of ether oxygens (including phenoxy) is 1. The van der Waals surface area contributed by atoms with Crippen LogP contribution >= 0.6 is 0 Å². The van der Waals surface area contributed by atoms with E-state index in [1.807, 2.05) is 20.8 Å². The molecule has 1 heterocycles. The van der Waals surface area contributed by atoms with Gasteiger partial charge in [-0.15, -0.1) is 0 Å². The Morgan fingerprint density at radius 1 is 1.60 bits per heavy atom. The zero-order valence-electron chi connectivity index (χ0n) is 9.82. The summed E-state index contributed by atoms with van der Waals surface area (Å²) in [5.74, 6) is 0.160. The smallest absolute Gasteiger partial charge is 0.222 e. The normalized spacial score (nSPS) is 25.3. The molecule has 1 atom stereocenters. The lowest BCUT2D eigenvalue weighted by Crippen LogP contribution is -2.55. The summed E-state index contributed by atoms with van der Waals surface area (Å²) >= 11 is 0. The van der Waals surface area contributed by atoms with Gasteiger partial charge in [0.25, 0.3) is 0 Å². The van der Waals surface area contributed by atoms with E-state index in [1.54, 1.807) is 4.90 Å². The lowest BCUT2D eigenvalue weighted by Gasteiger charge is -2.42. The number of hydrogen-bond acceptors (Lipinski definition) is 3. The van der Waals surface area contributed by atoms with Crippen LogP contribution in [-0.2, 0) is 9.53 Å². The van der Waals surface area contributed by atoms with E-state index in [0.717, 1.165) is 6.42 Å². The number of carbonyl (C=O) groups is 1. The summed E-state index contributed by atoms with van der Waals surface area (Å²) in [5.41, 5.74) is -0.352. The first-order valence-electron chi connectivity index (χ1n) is 5.55. The van der Waals surface area contributed by atoms with Gasteiger partial charge in [-0.3, -0.25) is 4.79 Å². The molecule has 0 bridgehead atoms. The summed E-state index contributed by atoms with van der Waals surface area (Å²) in [4.78, 5) is 13.5. The third-order valence-electron chi connectivity index (χ3n) is 2.50. The van der Waals surface area contributed by atoms with E-state index in [-0.39, 0.29) is 24.2 Å². The van der Waals surface area contributed by atoms with E-state index < -0.39 is 0 Å². The molecule has 0 aliphatic carbocycles. The van der Waals surface area contributed by atoms with Crippen molar-refractivity contribution in [3.05, 3.63) is 0 Å². The largest absolute Gasteiger partial charge is 0.394 e. The van der Waals surface area contributed by atoms with Crippen molar-refractivity contribution < 1.29 is 14.6 Å². The van der Waals surface area contributed by atoms with Crippen LogP contribution in [0.3, 0.4) is 0 Å². The minimum atomic E-state index is -0.352. The first-order valence-corrected chi connectivity index (χ1v) is 5.55. The Kier molecular flexibility index (Phi) is 4.11. The van der Waals surface area contributed by atoms with Gasteiger partial charge in [0.2, 0.25) is 5.91 Å². The Morgan fingerprint density at radius 2 is 2.27 bits per heavy atom. The second kappa shape index (κ2) is 4.94. The van der Waals surface area contributed by atoms with Crippen LogP contribution in [0, 0.1) is 0 Å². The van der Waals surface area contributed by atoms with Gasteiger partial charge in [0.15, 0.2) is 0 Å². The minimum Gasteiger partial charge on any atom is -0.394 e. The molecule has 1 rings (SSSR count). The number of aliphatic hydroxyl groups is 1. The Labute approximate surface area is 91.2 Å². The van der Waals surface area contributed by atoms with Crippen molar-refractivity contribution in [2.75, 3.05) is 19.7 Å². The average Bonchev–Trinajstić information content (AvgIpc) is 2.15. The molecule has 1 aliphatic rings. The van der Waals surface area contributed by atoms with Gasteiger partial charge in [0.1, 0.15) is 0 Å². The lowest BCUT2D eigenvalue weighted by molar-refractivity contribution is -0.166. The number of nitrogens with zero attached hydrogens (tertiary/aromatic N) is 1. The second-order valence-electron chi connectivity index (χ2n) is 4.71. The summed E-state index contributed by atoms with van der Waals surface area (Å²) in [7, 11) is 0. The number of aliphatic hydroxyl groups excluding tert-OH is 1. The van der Waals surface area contributed by atoms with Crippen molar-refractivity contribution in [2.45, 2.75) is 45.3 Å². The topological polar surface area (TPSA) is 49.8 Å². The highest BCUT2D eigenvalue weighted by Crippen LogP contribution is 2.21. The zero-order valence-corrected chi connectivity index (χ0v) is 9.82. The van der Waals surface area contributed by atoms with Crippen LogP contribution in [0.15, 0.2) is 0 Å². The van der Waals surface area contributed by atoms with E-state index in [2.05, 4.69) is 0 Å². The van der Waals surface area contributed by atoms with Crippen LogP contribution in [0.25, 0.3) is 0 Å². The molecule has 4 heteroatoms. The standard InChI is InChI=1S/C11H21NO3/c1-4-5-10(14)12-6-9(7-13)15-11(2,3)8-12/h9,13H,4-8H2,1-3H3. The highest BCUT2D eigenvalue weighted by Gasteiger charge is 2.34. The van der Waals surface area contributed by atoms with Crippen molar-refractivity contribution >= 4 is 5.91 Å². The van der Waals surface area contributed by atoms with Gasteiger partial charge in [-0.05, 0) is 20.3 Å². The number of amides is 1. The highest BCUT2D eigenvalue weighted by molar-refractivity contribution is 5.76. The van der Waals surface area contributed by atoms with Crippen LogP contribution in [0.1, 0.15) is 33.6 Å². The molecule has 1 saturated heterocycles. The number of hydrogen-bond donors (Lipinski definition) is 1. The maximum atomic E-state index is 11.7. The molecule has 4 nitrogen and oxygen atoms in total. The quantitative estimate of drug-likeness (QED) is 0.757. The first kappa shape index (κ1) is 12.5. The molecule has 0 saturated carbocycles. The van der Waals surface area contributed by atoms with E-state index in [1.165, 1.54) is 0 Å². The molecule has 1 unspecified atom stereocenters. The summed E-state index contributed by atoms with van der Waals surface area (Å²) in [6.07, 6.45) is 1.20. The van der Waals surface area contributed by atoms with Crippen LogP contribution in [-0.4, -0.2) is 47.3 Å². The Hall–Kier alpha value is -0.610. The van der Waals surface area contributed by atoms with Crippen molar-refractivity contribution in [3.8, 4) is 0 Å². The van der Waals surface area contributed by atoms with Gasteiger partial charge in [-0.25, -0.2) is 0 Å². The molecule has 0 aromatic carbocycles. The van der Waals surface area contributed by atoms with Gasteiger partial charge >= 0.3 is 0 Å². The van der Waals surface area contributed by atoms with Crippen molar-refractivity contribution in [1.82, 2.24) is 4.90 Å². The highest BCUT2D eigenvalue weighted by atomic mass is 16.5. The summed E-state index contributed by atoms with van der Waals surface area (Å²) in [5, 5.41) is 9.09. The Bertz CT molecular complexity index is 228. The molecule has 1 amide bonds. The third-order valence-corrected chi connectivity index (χ3v) is 2.50. The van der Waals surface area contributed by atoms with E-state index >= 15 is 0 Å². The van der Waals surface area contributed by atoms with Gasteiger partial charge in [0.05, 0.1) is 18.3 Å². The fourth-order valence-corrected chi connectivity index (χ4v) is 1.95. The number of carbonyl (C=O) groups excluding carboxylic acids is 1. The molecule has 1 fully saturated rings. The Balaban J connectivity index is 2.61. The maximum Gasteiger partial charge on any atom is 0.222 e. The van der Waals surface area contributed by atoms with Crippen molar-refractivity contribution in [3.63, 3.8) is 0 Å². The van der Waals surface area contributed by atoms with Crippen LogP contribution in [0.2, 0.25) is 0 Å². The Morgan fingerprint density at radius 3 is 2.80 bits per heavy atom. The summed E-state index contributed by atoms with van der Waals surface area (Å²) in [6.45, 7) is 6.98. The third kappa shape index (κ3) is 3.47. The SMILES string of the molecule is CCCC(=O)N1CC(CO)OC(C)(C)C1. The average molecular weight is 215 g/mol. The fraction of sp³-hybridized carbons (Fsp3) is 0.909. The number of morpholine rings is 1. The second-order valence-corrected chi connectivity index (χ2v) is 4.71. The van der Waals surface area contributed by atoms with E-state index in [4.69, 9.17) is 9.84 Å². The van der Waals surface area contributed by atoms with Gasteiger partial charge in [0, 0.05) is 19.5 Å². The summed E-state index contributed by atoms with van der Waals surface area (Å²) < 4.78 is 5.64. The number of rotatable bonds is 3. The molecule has 0 aromatic rings. The van der Waals surface area contributed by atoms with Gasteiger partial charge < -0.3 is 14.7 Å². The predicted molar refractivity (Wildman–Crippen MR) is 57.5 cm³/mol. The molecule has 1 aliphatic heterocycles. The van der Waals surface area contributed by atoms with Crippen molar-refractivity contribution in [1.29, 1.82) is 0 Å². The first-order chi connectivity index (χ1) is 6.98. The van der Waals surface area contributed by atoms with E-state index in [9.17, 15) is 4.79 Å². The molecule has 15 heavy (non-hydrogen) atoms. The molecule has 0 spiro atoms. The minimum absolute atomic E-state index is 0.0284. The van der Waals surface area contributed by atoms with Gasteiger partial charge in [-0.2, -0.15) is 0 Å². The van der Waals surface area contributed by atoms with E-state index in [0.29, 0.717) is 19.5 Å². The monoisotopic (exact) mass is 215 g/mol. The van der Waals surface area contributed by atoms with Crippen LogP contribution in [0.4, 0.5) is 0 Å². The van der Waals surface area contributed by atoms with Crippen LogP contribution in [0.5, 0.6) is 0 Å². The van der Waals surface area contributed by atoms with Crippen molar-refractivity contribution in [2.24, 2.45) is 0 Å². The molecule has 1 N–H and O–H groups in total. The molecule has 0 aromatic heterocycles. The van der Waals surface area contributed by atoms with Gasteiger partial charge in [-0.1, -0.05) is 6.92 Å². The zero-order chi connectivity index (χ0) is 11.5. The van der Waals surface area contributed by atoms with Crippen LogP contribution < -0.4 is 0 Å². The lowest BCUT2D eigenvalue weighted by atomic mass is 10.0. The molecule has 88 valence electrons. The molecular formula is C11H21NO3. The summed E-state index contributed by atoms with van der Waals surface area (Å²) in [6, 6.07) is 0. The predicted octanol–water partition coefficient (Wildman–Crippen LogP) is 0.785. The fourth-order valence-electron chi connectivity index (χ4n) is 1.95. The molecule has 0 radical (unpaired) electrons. The molecular weight excluding hydrogens is 194 g/mol.